The first-order valence-electron chi connectivity index (χ1n) is 7.60. The van der Waals surface area contributed by atoms with Crippen molar-refractivity contribution in [1.29, 1.82) is 0 Å². The van der Waals surface area contributed by atoms with Gasteiger partial charge in [0, 0.05) is 43.3 Å². The lowest BCUT2D eigenvalue weighted by atomic mass is 9.92. The first-order valence-corrected chi connectivity index (χ1v) is 7.60. The van der Waals surface area contributed by atoms with Gasteiger partial charge in [-0.05, 0) is 34.2 Å². The van der Waals surface area contributed by atoms with Crippen LogP contribution in [0.2, 0.25) is 0 Å². The Bertz CT molecular complexity index is 272. The first-order chi connectivity index (χ1) is 8.77. The molecule has 0 saturated carbocycles. The summed E-state index contributed by atoms with van der Waals surface area (Å²) < 4.78 is 0. The Balaban J connectivity index is 2.59. The Kier molecular flexibility index (Phi) is 6.24. The fourth-order valence-electron chi connectivity index (χ4n) is 3.44. The second kappa shape index (κ2) is 7.02. The van der Waals surface area contributed by atoms with Crippen LogP contribution in [0, 0.1) is 0 Å². The van der Waals surface area contributed by atoms with Crippen LogP contribution >= 0.6 is 0 Å². The van der Waals surface area contributed by atoms with E-state index in [2.05, 4.69) is 56.8 Å². The van der Waals surface area contributed by atoms with Crippen LogP contribution in [0.3, 0.4) is 0 Å². The predicted octanol–water partition coefficient (Wildman–Crippen LogP) is 1.15. The lowest BCUT2D eigenvalue weighted by molar-refractivity contribution is 0.0420. The highest BCUT2D eigenvalue weighted by Gasteiger charge is 2.32. The second-order valence-corrected chi connectivity index (χ2v) is 6.92. The minimum Gasteiger partial charge on any atom is -0.394 e. The molecule has 0 spiro atoms. The molecule has 0 bridgehead atoms. The van der Waals surface area contributed by atoms with Crippen LogP contribution in [-0.2, 0) is 0 Å². The number of rotatable bonds is 6. The molecule has 0 aromatic carbocycles. The van der Waals surface area contributed by atoms with Crippen molar-refractivity contribution in [2.45, 2.75) is 64.7 Å². The van der Waals surface area contributed by atoms with Crippen molar-refractivity contribution in [3.63, 3.8) is 0 Å². The van der Waals surface area contributed by atoms with E-state index < -0.39 is 0 Å². The topological polar surface area (TPSA) is 38.7 Å². The van der Waals surface area contributed by atoms with Crippen molar-refractivity contribution in [3.8, 4) is 0 Å². The Labute approximate surface area is 119 Å². The highest BCUT2D eigenvalue weighted by molar-refractivity contribution is 4.91. The standard InChI is InChI=1S/C15H33N3O/c1-12(2)16-15(5,11-19)9-13(3)18-8-7-17(6)10-14(18)4/h12-14,16,19H,7-11H2,1-6H3. The summed E-state index contributed by atoms with van der Waals surface area (Å²) in [6.45, 7) is 14.6. The van der Waals surface area contributed by atoms with Crippen molar-refractivity contribution in [3.05, 3.63) is 0 Å². The fourth-order valence-corrected chi connectivity index (χ4v) is 3.44. The highest BCUT2D eigenvalue weighted by Crippen LogP contribution is 2.20. The number of hydrogen-bond acceptors (Lipinski definition) is 4. The molecule has 1 rings (SSSR count). The van der Waals surface area contributed by atoms with E-state index in [1.54, 1.807) is 0 Å². The van der Waals surface area contributed by atoms with Crippen LogP contribution in [0.25, 0.3) is 0 Å². The monoisotopic (exact) mass is 271 g/mol. The molecule has 4 heteroatoms. The molecule has 1 heterocycles. The molecule has 1 fully saturated rings. The second-order valence-electron chi connectivity index (χ2n) is 6.92. The zero-order valence-electron chi connectivity index (χ0n) is 13.6. The highest BCUT2D eigenvalue weighted by atomic mass is 16.3. The van der Waals surface area contributed by atoms with Gasteiger partial charge in [0.1, 0.15) is 0 Å². The Morgan fingerprint density at radius 3 is 2.42 bits per heavy atom. The van der Waals surface area contributed by atoms with Crippen molar-refractivity contribution in [2.75, 3.05) is 33.3 Å². The van der Waals surface area contributed by atoms with Crippen LogP contribution in [0.5, 0.6) is 0 Å². The number of aliphatic hydroxyl groups is 1. The van der Waals surface area contributed by atoms with Gasteiger partial charge in [-0.25, -0.2) is 0 Å². The third-order valence-electron chi connectivity index (χ3n) is 4.18. The zero-order chi connectivity index (χ0) is 14.6. The van der Waals surface area contributed by atoms with Crippen molar-refractivity contribution < 1.29 is 5.11 Å². The molecular weight excluding hydrogens is 238 g/mol. The molecule has 0 radical (unpaired) electrons. The van der Waals surface area contributed by atoms with Gasteiger partial charge in [0.05, 0.1) is 6.61 Å². The van der Waals surface area contributed by atoms with E-state index in [9.17, 15) is 5.11 Å². The molecule has 1 aliphatic heterocycles. The third kappa shape index (κ3) is 5.03. The summed E-state index contributed by atoms with van der Waals surface area (Å²) >= 11 is 0. The smallest absolute Gasteiger partial charge is 0.0611 e. The summed E-state index contributed by atoms with van der Waals surface area (Å²) in [4.78, 5) is 4.97. The molecule has 0 aromatic rings. The van der Waals surface area contributed by atoms with Crippen LogP contribution < -0.4 is 5.32 Å². The van der Waals surface area contributed by atoms with E-state index in [4.69, 9.17) is 0 Å². The van der Waals surface area contributed by atoms with E-state index in [0.717, 1.165) is 26.1 Å². The maximum absolute atomic E-state index is 9.70. The number of nitrogens with zero attached hydrogens (tertiary/aromatic N) is 2. The molecule has 1 aliphatic rings. The van der Waals surface area contributed by atoms with E-state index in [1.807, 2.05) is 0 Å². The molecule has 2 N–H and O–H groups in total. The van der Waals surface area contributed by atoms with Crippen LogP contribution in [0.4, 0.5) is 0 Å². The maximum Gasteiger partial charge on any atom is 0.0611 e. The van der Waals surface area contributed by atoms with Gasteiger partial charge in [0.2, 0.25) is 0 Å². The van der Waals surface area contributed by atoms with E-state index in [-0.39, 0.29) is 12.1 Å². The van der Waals surface area contributed by atoms with Crippen molar-refractivity contribution in [1.82, 2.24) is 15.1 Å². The van der Waals surface area contributed by atoms with Gasteiger partial charge < -0.3 is 15.3 Å². The van der Waals surface area contributed by atoms with Crippen LogP contribution in [-0.4, -0.2) is 71.9 Å². The number of likely N-dealkylation sites (N-methyl/N-ethyl adjacent to an activating group) is 1. The molecule has 3 atom stereocenters. The van der Waals surface area contributed by atoms with Gasteiger partial charge in [-0.2, -0.15) is 0 Å². The lowest BCUT2D eigenvalue weighted by Gasteiger charge is -2.44. The summed E-state index contributed by atoms with van der Waals surface area (Å²) in [6, 6.07) is 1.48. The molecule has 19 heavy (non-hydrogen) atoms. The average molecular weight is 271 g/mol. The minimum absolute atomic E-state index is 0.184. The largest absolute Gasteiger partial charge is 0.394 e. The van der Waals surface area contributed by atoms with E-state index in [0.29, 0.717) is 18.1 Å². The van der Waals surface area contributed by atoms with Crippen LogP contribution in [0.1, 0.15) is 41.0 Å². The number of nitrogens with one attached hydrogen (secondary N) is 1. The SMILES string of the molecule is CC(C)NC(C)(CO)CC(C)N1CCN(C)CC1C. The maximum atomic E-state index is 9.70. The summed E-state index contributed by atoms with van der Waals surface area (Å²) in [5, 5.41) is 13.2. The molecule has 114 valence electrons. The predicted molar refractivity (Wildman–Crippen MR) is 81.5 cm³/mol. The third-order valence-corrected chi connectivity index (χ3v) is 4.18. The zero-order valence-corrected chi connectivity index (χ0v) is 13.6. The number of piperazine rings is 1. The molecular formula is C15H33N3O. The van der Waals surface area contributed by atoms with Gasteiger partial charge >= 0.3 is 0 Å². The van der Waals surface area contributed by atoms with E-state index >= 15 is 0 Å². The Hall–Kier alpha value is -0.160. The molecule has 3 unspecified atom stereocenters. The van der Waals surface area contributed by atoms with E-state index in [1.165, 1.54) is 0 Å². The molecule has 4 nitrogen and oxygen atoms in total. The molecule has 0 amide bonds. The first kappa shape index (κ1) is 16.9. The Morgan fingerprint density at radius 2 is 1.95 bits per heavy atom. The summed E-state index contributed by atoms with van der Waals surface area (Å²) in [5.74, 6) is 0. The molecule has 1 saturated heterocycles. The lowest BCUT2D eigenvalue weighted by Crippen LogP contribution is -2.58. The average Bonchev–Trinajstić information content (AvgIpc) is 2.27. The van der Waals surface area contributed by atoms with Gasteiger partial charge in [0.25, 0.3) is 0 Å². The minimum atomic E-state index is -0.184. The Morgan fingerprint density at radius 1 is 1.32 bits per heavy atom. The quantitative estimate of drug-likeness (QED) is 0.760. The van der Waals surface area contributed by atoms with Crippen LogP contribution in [0.15, 0.2) is 0 Å². The number of aliphatic hydroxyl groups excluding tert-OH is 1. The van der Waals surface area contributed by atoms with Crippen molar-refractivity contribution in [2.24, 2.45) is 0 Å². The fraction of sp³-hybridized carbons (Fsp3) is 1.00. The molecule has 0 aromatic heterocycles. The summed E-state index contributed by atoms with van der Waals surface area (Å²) in [6.07, 6.45) is 0.982. The van der Waals surface area contributed by atoms with Gasteiger partial charge in [-0.1, -0.05) is 13.8 Å². The summed E-state index contributed by atoms with van der Waals surface area (Å²) in [5.41, 5.74) is -0.184. The van der Waals surface area contributed by atoms with Crippen molar-refractivity contribution >= 4 is 0 Å². The number of hydrogen-bond donors (Lipinski definition) is 2. The van der Waals surface area contributed by atoms with Gasteiger partial charge in [0.15, 0.2) is 0 Å². The van der Waals surface area contributed by atoms with Gasteiger partial charge in [-0.3, -0.25) is 4.90 Å². The summed E-state index contributed by atoms with van der Waals surface area (Å²) in [7, 11) is 2.19. The van der Waals surface area contributed by atoms with Gasteiger partial charge in [-0.15, -0.1) is 0 Å². The molecule has 0 aliphatic carbocycles. The normalized spacial score (nSPS) is 27.5.